The van der Waals surface area contributed by atoms with Gasteiger partial charge in [-0.15, -0.1) is 5.10 Å². The van der Waals surface area contributed by atoms with Crippen LogP contribution < -0.4 is 15.8 Å². The predicted octanol–water partition coefficient (Wildman–Crippen LogP) is 4.00. The van der Waals surface area contributed by atoms with Gasteiger partial charge in [-0.1, -0.05) is 11.6 Å². The summed E-state index contributed by atoms with van der Waals surface area (Å²) in [5.41, 5.74) is 0.380. The SMILES string of the molecule is C[C@@]1(c2nc(NC(=O)Oc3nn(C(F)F)cc3Cl)ccc2F)CO[C@@](C)(C(F)(F)F)C(N)=N1. The van der Waals surface area contributed by atoms with E-state index in [4.69, 9.17) is 26.8 Å². The monoisotopic (exact) mass is 500 g/mol. The largest absolute Gasteiger partial charge is 0.424 e. The van der Waals surface area contributed by atoms with Gasteiger partial charge in [0.1, 0.15) is 33.7 Å². The van der Waals surface area contributed by atoms with Crippen molar-refractivity contribution in [2.75, 3.05) is 11.9 Å². The zero-order valence-electron chi connectivity index (χ0n) is 16.8. The fourth-order valence-corrected chi connectivity index (χ4v) is 2.92. The standard InChI is InChI=1S/C17H15ClF6N6O3/c1-15(6-32-16(2,12(25)28-15)17(22,23)24)10-8(19)3-4-9(26-10)27-14(31)33-11-7(18)5-30(29-11)13(20)21/h3-5,13H,6H2,1-2H3,(H2,25,28)(H,26,27,31)/t15-,16+/m0/s1. The molecule has 2 aromatic rings. The van der Waals surface area contributed by atoms with E-state index in [1.165, 1.54) is 6.92 Å². The highest BCUT2D eigenvalue weighted by Crippen LogP contribution is 2.41. The molecule has 9 nitrogen and oxygen atoms in total. The van der Waals surface area contributed by atoms with Gasteiger partial charge >= 0.3 is 18.8 Å². The van der Waals surface area contributed by atoms with E-state index in [2.05, 4.69) is 20.4 Å². The van der Waals surface area contributed by atoms with Gasteiger partial charge in [0.05, 0.1) is 12.8 Å². The smallest absolute Gasteiger partial charge is 0.388 e. The number of pyridine rings is 1. The molecule has 0 bridgehead atoms. The second kappa shape index (κ2) is 8.37. The average Bonchev–Trinajstić information content (AvgIpc) is 3.06. The molecule has 33 heavy (non-hydrogen) atoms. The number of hydrogen-bond acceptors (Lipinski definition) is 7. The maximum atomic E-state index is 14.5. The molecule has 1 aliphatic heterocycles. The number of anilines is 1. The lowest BCUT2D eigenvalue weighted by atomic mass is 9.93. The number of carbonyl (C=O) groups is 1. The Labute approximate surface area is 186 Å². The normalized spacial score (nSPS) is 23.4. The number of amidine groups is 1. The number of amides is 1. The van der Waals surface area contributed by atoms with Crippen molar-refractivity contribution in [2.24, 2.45) is 10.7 Å². The maximum absolute atomic E-state index is 14.5. The van der Waals surface area contributed by atoms with E-state index in [0.29, 0.717) is 6.92 Å². The number of nitrogens with two attached hydrogens (primary N) is 1. The molecule has 0 radical (unpaired) electrons. The molecule has 0 fully saturated rings. The lowest BCUT2D eigenvalue weighted by Crippen LogP contribution is -2.60. The molecule has 0 saturated heterocycles. The summed E-state index contributed by atoms with van der Waals surface area (Å²) in [6, 6.07) is 1.88. The van der Waals surface area contributed by atoms with E-state index in [1.807, 2.05) is 0 Å². The van der Waals surface area contributed by atoms with Crippen molar-refractivity contribution in [1.82, 2.24) is 14.8 Å². The molecule has 1 amide bonds. The summed E-state index contributed by atoms with van der Waals surface area (Å²) in [6.45, 7) is -1.85. The third-order valence-electron chi connectivity index (χ3n) is 4.67. The molecule has 2 atom stereocenters. The third-order valence-corrected chi connectivity index (χ3v) is 4.93. The number of aliphatic imine (C=N–C) groups is 1. The van der Waals surface area contributed by atoms with Crippen LogP contribution in [-0.2, 0) is 10.3 Å². The number of nitrogens with zero attached hydrogens (tertiary/aromatic N) is 4. The molecule has 3 rings (SSSR count). The number of nitrogens with one attached hydrogen (secondary N) is 1. The Bertz CT molecular complexity index is 1110. The van der Waals surface area contributed by atoms with Gasteiger partial charge in [-0.05, 0) is 26.0 Å². The van der Waals surface area contributed by atoms with E-state index < -0.39 is 59.8 Å². The van der Waals surface area contributed by atoms with Crippen molar-refractivity contribution in [3.8, 4) is 5.88 Å². The zero-order valence-corrected chi connectivity index (χ0v) is 17.5. The minimum atomic E-state index is -4.88. The summed E-state index contributed by atoms with van der Waals surface area (Å²) in [4.78, 5) is 19.7. The van der Waals surface area contributed by atoms with Crippen LogP contribution in [0.5, 0.6) is 5.88 Å². The Hall–Kier alpha value is -3.07. The summed E-state index contributed by atoms with van der Waals surface area (Å²) in [5.74, 6) is -2.84. The van der Waals surface area contributed by atoms with Crippen LogP contribution in [0.3, 0.4) is 0 Å². The van der Waals surface area contributed by atoms with Gasteiger partial charge in [0.15, 0.2) is 0 Å². The molecule has 1 aliphatic rings. The molecule has 0 aliphatic carbocycles. The van der Waals surface area contributed by atoms with Crippen LogP contribution in [0.25, 0.3) is 0 Å². The summed E-state index contributed by atoms with van der Waals surface area (Å²) in [5, 5.41) is 4.99. The Morgan fingerprint density at radius 2 is 2.03 bits per heavy atom. The van der Waals surface area contributed by atoms with E-state index in [1.54, 1.807) is 0 Å². The van der Waals surface area contributed by atoms with E-state index in [-0.39, 0.29) is 15.5 Å². The van der Waals surface area contributed by atoms with Crippen LogP contribution in [0.2, 0.25) is 5.02 Å². The molecule has 180 valence electrons. The van der Waals surface area contributed by atoms with Gasteiger partial charge in [0, 0.05) is 0 Å². The first-order chi connectivity index (χ1) is 15.2. The first-order valence-corrected chi connectivity index (χ1v) is 9.29. The molecule has 2 aromatic heterocycles. The number of alkyl halides is 5. The number of halogens is 7. The summed E-state index contributed by atoms with van der Waals surface area (Å²) in [7, 11) is 0. The second-order valence-electron chi connectivity index (χ2n) is 7.17. The van der Waals surface area contributed by atoms with Crippen molar-refractivity contribution < 1.29 is 40.6 Å². The highest BCUT2D eigenvalue weighted by Gasteiger charge is 2.59. The Kier molecular flexibility index (Phi) is 6.23. The Morgan fingerprint density at radius 1 is 1.36 bits per heavy atom. The highest BCUT2D eigenvalue weighted by atomic mass is 35.5. The number of rotatable bonds is 4. The summed E-state index contributed by atoms with van der Waals surface area (Å²) < 4.78 is 89.4. The van der Waals surface area contributed by atoms with Gasteiger partial charge in [0.2, 0.25) is 5.60 Å². The molecule has 0 saturated carbocycles. The van der Waals surface area contributed by atoms with Gasteiger partial charge in [0.25, 0.3) is 5.88 Å². The highest BCUT2D eigenvalue weighted by molar-refractivity contribution is 6.31. The van der Waals surface area contributed by atoms with E-state index in [0.717, 1.165) is 18.3 Å². The summed E-state index contributed by atoms with van der Waals surface area (Å²) >= 11 is 5.66. The lowest BCUT2D eigenvalue weighted by molar-refractivity contribution is -0.249. The minimum absolute atomic E-state index is 0.153. The van der Waals surface area contributed by atoms with Crippen molar-refractivity contribution in [1.29, 1.82) is 0 Å². The molecule has 3 heterocycles. The first-order valence-electron chi connectivity index (χ1n) is 8.91. The number of ether oxygens (including phenoxy) is 2. The molecule has 0 unspecified atom stereocenters. The van der Waals surface area contributed by atoms with Crippen LogP contribution in [0.15, 0.2) is 23.3 Å². The van der Waals surface area contributed by atoms with Crippen molar-refractivity contribution in [3.05, 3.63) is 34.9 Å². The van der Waals surface area contributed by atoms with Gasteiger partial charge in [-0.25, -0.2) is 18.9 Å². The molecule has 16 heteroatoms. The van der Waals surface area contributed by atoms with Crippen LogP contribution in [0, 0.1) is 5.82 Å². The second-order valence-corrected chi connectivity index (χ2v) is 7.58. The van der Waals surface area contributed by atoms with Gasteiger partial charge in [-0.3, -0.25) is 10.3 Å². The van der Waals surface area contributed by atoms with Gasteiger partial charge in [-0.2, -0.15) is 22.0 Å². The van der Waals surface area contributed by atoms with Crippen LogP contribution in [0.4, 0.5) is 37.0 Å². The number of carbonyl (C=O) groups excluding carboxylic acids is 1. The molecule has 0 spiro atoms. The summed E-state index contributed by atoms with van der Waals surface area (Å²) in [6.07, 6.45) is -5.41. The van der Waals surface area contributed by atoms with E-state index in [9.17, 15) is 31.1 Å². The fourth-order valence-electron chi connectivity index (χ4n) is 2.74. The lowest BCUT2D eigenvalue weighted by Gasteiger charge is -2.40. The van der Waals surface area contributed by atoms with Gasteiger partial charge < -0.3 is 15.2 Å². The number of hydrogen-bond donors (Lipinski definition) is 2. The molecule has 0 aromatic carbocycles. The maximum Gasteiger partial charge on any atom is 0.424 e. The van der Waals surface area contributed by atoms with E-state index >= 15 is 0 Å². The van der Waals surface area contributed by atoms with Crippen LogP contribution in [0.1, 0.15) is 26.1 Å². The Morgan fingerprint density at radius 3 is 2.58 bits per heavy atom. The Balaban J connectivity index is 1.83. The predicted molar refractivity (Wildman–Crippen MR) is 102 cm³/mol. The zero-order chi connectivity index (χ0) is 24.8. The van der Waals surface area contributed by atoms with Crippen molar-refractivity contribution in [3.63, 3.8) is 0 Å². The average molecular weight is 501 g/mol. The van der Waals surface area contributed by atoms with Crippen molar-refractivity contribution in [2.45, 2.75) is 37.7 Å². The topological polar surface area (TPSA) is 117 Å². The molecular weight excluding hydrogens is 486 g/mol. The van der Waals surface area contributed by atoms with Crippen LogP contribution in [-0.4, -0.2) is 45.1 Å². The molecule has 3 N–H and O–H groups in total. The molecular formula is C17H15ClF6N6O3. The quantitative estimate of drug-likeness (QED) is 0.613. The minimum Gasteiger partial charge on any atom is -0.388 e. The fraction of sp³-hybridized carbons (Fsp3) is 0.412. The van der Waals surface area contributed by atoms with Crippen LogP contribution >= 0.6 is 11.6 Å². The van der Waals surface area contributed by atoms with Crippen molar-refractivity contribution >= 4 is 29.3 Å². The first kappa shape index (κ1) is 24.6. The third kappa shape index (κ3) is 4.68. The number of aromatic nitrogens is 3.